The molecule has 0 aliphatic carbocycles. The highest BCUT2D eigenvalue weighted by Gasteiger charge is 2.11. The third-order valence-corrected chi connectivity index (χ3v) is 3.96. The molecule has 86 valence electrons. The predicted molar refractivity (Wildman–Crippen MR) is 59.1 cm³/mol. The molecule has 2 aromatic heterocycles. The molecule has 0 unspecified atom stereocenters. The van der Waals surface area contributed by atoms with Gasteiger partial charge in [0.15, 0.2) is 9.84 Å². The Bertz CT molecular complexity index is 599. The lowest BCUT2D eigenvalue weighted by Gasteiger charge is -1.97. The molecule has 0 fully saturated rings. The molecule has 0 amide bonds. The van der Waals surface area contributed by atoms with Crippen molar-refractivity contribution in [2.75, 3.05) is 6.26 Å². The average Bonchev–Trinajstić information content (AvgIpc) is 2.76. The Morgan fingerprint density at radius 3 is 2.75 bits per heavy atom. The monoisotopic (exact) mass is 258 g/mol. The first kappa shape index (κ1) is 11.2. The van der Waals surface area contributed by atoms with E-state index in [4.69, 9.17) is 0 Å². The van der Waals surface area contributed by atoms with Crippen molar-refractivity contribution in [1.29, 1.82) is 0 Å². The molecule has 0 saturated heterocycles. The zero-order chi connectivity index (χ0) is 11.8. The van der Waals surface area contributed by atoms with Crippen LogP contribution >= 0.6 is 11.5 Å². The Morgan fingerprint density at radius 2 is 2.25 bits per heavy atom. The van der Waals surface area contributed by atoms with E-state index in [1.54, 1.807) is 4.68 Å². The van der Waals surface area contributed by atoms with Crippen LogP contribution in [-0.4, -0.2) is 34.0 Å². The van der Waals surface area contributed by atoms with Crippen LogP contribution in [-0.2, 0) is 16.4 Å². The molecule has 0 bridgehead atoms. The number of hydrogen-bond donors (Lipinski definition) is 0. The van der Waals surface area contributed by atoms with Gasteiger partial charge in [-0.25, -0.2) is 8.42 Å². The van der Waals surface area contributed by atoms with Crippen LogP contribution in [0.5, 0.6) is 0 Å². The molecule has 8 heteroatoms. The molecule has 2 rings (SSSR count). The standard InChI is InChI=1S/C8H10N4O2S2/c1-6-8(15-11-10-6)5-12-4-7(3-9-12)16(2,13)14/h3-4H,5H2,1-2H3. The minimum absolute atomic E-state index is 0.225. The van der Waals surface area contributed by atoms with Crippen molar-refractivity contribution in [3.63, 3.8) is 0 Å². The molecule has 0 radical (unpaired) electrons. The Balaban J connectivity index is 2.25. The maximum absolute atomic E-state index is 11.2. The van der Waals surface area contributed by atoms with Crippen molar-refractivity contribution < 1.29 is 8.42 Å². The third kappa shape index (κ3) is 2.27. The minimum atomic E-state index is -3.18. The van der Waals surface area contributed by atoms with E-state index in [1.807, 2.05) is 6.92 Å². The summed E-state index contributed by atoms with van der Waals surface area (Å²) in [7, 11) is -3.18. The Labute approximate surface area is 97.0 Å². The molecule has 0 aliphatic rings. The van der Waals surface area contributed by atoms with Gasteiger partial charge in [-0.15, -0.1) is 5.10 Å². The molecule has 0 saturated carbocycles. The van der Waals surface area contributed by atoms with Gasteiger partial charge in [-0.3, -0.25) is 4.68 Å². The minimum Gasteiger partial charge on any atom is -0.266 e. The topological polar surface area (TPSA) is 77.7 Å². The van der Waals surface area contributed by atoms with Crippen LogP contribution in [0, 0.1) is 6.92 Å². The number of hydrogen-bond acceptors (Lipinski definition) is 6. The van der Waals surface area contributed by atoms with Crippen molar-refractivity contribution in [2.24, 2.45) is 0 Å². The quantitative estimate of drug-likeness (QED) is 0.801. The van der Waals surface area contributed by atoms with Gasteiger partial charge in [-0.1, -0.05) is 4.49 Å². The summed E-state index contributed by atoms with van der Waals surface area (Å²) in [4.78, 5) is 1.20. The number of nitrogens with zero attached hydrogens (tertiary/aromatic N) is 4. The van der Waals surface area contributed by atoms with E-state index in [9.17, 15) is 8.42 Å². The summed E-state index contributed by atoms with van der Waals surface area (Å²) in [6.45, 7) is 2.36. The molecule has 6 nitrogen and oxygen atoms in total. The van der Waals surface area contributed by atoms with Gasteiger partial charge in [0.2, 0.25) is 0 Å². The highest BCUT2D eigenvalue weighted by Crippen LogP contribution is 2.12. The molecule has 0 N–H and O–H groups in total. The maximum Gasteiger partial charge on any atom is 0.178 e. The van der Waals surface area contributed by atoms with E-state index < -0.39 is 9.84 Å². The van der Waals surface area contributed by atoms with E-state index in [0.29, 0.717) is 6.54 Å². The molecule has 0 atom stereocenters. The summed E-state index contributed by atoms with van der Waals surface area (Å²) in [5.74, 6) is 0. The highest BCUT2D eigenvalue weighted by molar-refractivity contribution is 7.90. The molecule has 2 aromatic rings. The largest absolute Gasteiger partial charge is 0.266 e. The van der Waals surface area contributed by atoms with Crippen molar-refractivity contribution >= 4 is 21.4 Å². The van der Waals surface area contributed by atoms with Crippen LogP contribution in [0.3, 0.4) is 0 Å². The van der Waals surface area contributed by atoms with Crippen molar-refractivity contribution in [3.05, 3.63) is 23.0 Å². The van der Waals surface area contributed by atoms with Crippen molar-refractivity contribution in [1.82, 2.24) is 19.4 Å². The third-order valence-electron chi connectivity index (χ3n) is 2.09. The first-order chi connectivity index (χ1) is 7.47. The van der Waals surface area contributed by atoms with Crippen LogP contribution in [0.2, 0.25) is 0 Å². The number of rotatable bonds is 3. The fourth-order valence-electron chi connectivity index (χ4n) is 1.17. The Kier molecular flexibility index (Phi) is 2.76. The summed E-state index contributed by atoms with van der Waals surface area (Å²) < 4.78 is 27.9. The summed E-state index contributed by atoms with van der Waals surface area (Å²) in [6.07, 6.45) is 4.02. The lowest BCUT2D eigenvalue weighted by atomic mass is 10.4. The van der Waals surface area contributed by atoms with Crippen LogP contribution in [0.1, 0.15) is 10.6 Å². The van der Waals surface area contributed by atoms with Crippen molar-refractivity contribution in [3.8, 4) is 0 Å². The van der Waals surface area contributed by atoms with E-state index in [0.717, 1.165) is 16.8 Å². The average molecular weight is 258 g/mol. The second kappa shape index (κ2) is 3.95. The van der Waals surface area contributed by atoms with Gasteiger partial charge >= 0.3 is 0 Å². The van der Waals surface area contributed by atoms with Gasteiger partial charge in [0.05, 0.1) is 23.3 Å². The lowest BCUT2D eigenvalue weighted by molar-refractivity contribution is 0.601. The normalized spacial score (nSPS) is 11.9. The summed E-state index contributed by atoms with van der Waals surface area (Å²) >= 11 is 1.29. The van der Waals surface area contributed by atoms with Gasteiger partial charge in [-0.05, 0) is 18.5 Å². The van der Waals surface area contributed by atoms with Gasteiger partial charge in [0.25, 0.3) is 0 Å². The fourth-order valence-corrected chi connectivity index (χ4v) is 2.34. The summed E-state index contributed by atoms with van der Waals surface area (Å²) in [5.41, 5.74) is 0.849. The van der Waals surface area contributed by atoms with E-state index in [2.05, 4.69) is 14.7 Å². The lowest BCUT2D eigenvalue weighted by Crippen LogP contribution is -2.00. The zero-order valence-electron chi connectivity index (χ0n) is 8.78. The van der Waals surface area contributed by atoms with Crippen LogP contribution < -0.4 is 0 Å². The molecule has 2 heterocycles. The molecule has 0 aromatic carbocycles. The van der Waals surface area contributed by atoms with Gasteiger partial charge in [-0.2, -0.15) is 5.10 Å². The molecular formula is C8H10N4O2S2. The van der Waals surface area contributed by atoms with E-state index in [-0.39, 0.29) is 4.90 Å². The first-order valence-corrected chi connectivity index (χ1v) is 7.13. The molecule has 0 spiro atoms. The summed E-state index contributed by atoms with van der Waals surface area (Å²) in [5, 5.41) is 7.86. The van der Waals surface area contributed by atoms with Gasteiger partial charge < -0.3 is 0 Å². The van der Waals surface area contributed by atoms with Crippen LogP contribution in [0.25, 0.3) is 0 Å². The first-order valence-electron chi connectivity index (χ1n) is 4.47. The molecule has 0 aliphatic heterocycles. The van der Waals surface area contributed by atoms with Crippen LogP contribution in [0.4, 0.5) is 0 Å². The summed E-state index contributed by atoms with van der Waals surface area (Å²) in [6, 6.07) is 0. The maximum atomic E-state index is 11.2. The molecule has 16 heavy (non-hydrogen) atoms. The Hall–Kier alpha value is -1.28. The van der Waals surface area contributed by atoms with Crippen LogP contribution in [0.15, 0.2) is 17.3 Å². The smallest absolute Gasteiger partial charge is 0.178 e. The number of aromatic nitrogens is 4. The second-order valence-electron chi connectivity index (χ2n) is 3.43. The van der Waals surface area contributed by atoms with E-state index >= 15 is 0 Å². The fraction of sp³-hybridized carbons (Fsp3) is 0.375. The highest BCUT2D eigenvalue weighted by atomic mass is 32.2. The second-order valence-corrected chi connectivity index (χ2v) is 6.28. The van der Waals surface area contributed by atoms with E-state index in [1.165, 1.54) is 23.9 Å². The zero-order valence-corrected chi connectivity index (χ0v) is 10.4. The number of aryl methyl sites for hydroxylation is 1. The van der Waals surface area contributed by atoms with Gasteiger partial charge in [0.1, 0.15) is 4.90 Å². The molecular weight excluding hydrogens is 248 g/mol. The predicted octanol–water partition coefficient (Wildman–Crippen LogP) is 0.495. The van der Waals surface area contributed by atoms with Crippen molar-refractivity contribution in [2.45, 2.75) is 18.4 Å². The SMILES string of the molecule is Cc1nnsc1Cn1cc(S(C)(=O)=O)cn1. The number of sulfone groups is 1. The Morgan fingerprint density at radius 1 is 1.50 bits per heavy atom. The van der Waals surface area contributed by atoms with Gasteiger partial charge in [0, 0.05) is 12.5 Å².